The largest absolute Gasteiger partial charge is 0.311 e. The molecule has 4 unspecified atom stereocenters. The molecule has 0 aliphatic heterocycles. The van der Waals surface area contributed by atoms with Gasteiger partial charge in [-0.05, 0) is 55.9 Å². The van der Waals surface area contributed by atoms with Crippen molar-refractivity contribution in [2.45, 2.75) is 58.5 Å². The quantitative estimate of drug-likeness (QED) is 0.850. The lowest BCUT2D eigenvalue weighted by Crippen LogP contribution is -2.44. The summed E-state index contributed by atoms with van der Waals surface area (Å²) >= 11 is 1.87. The third kappa shape index (κ3) is 3.82. The Labute approximate surface area is 110 Å². The van der Waals surface area contributed by atoms with E-state index >= 15 is 0 Å². The van der Waals surface area contributed by atoms with Crippen molar-refractivity contribution in [1.29, 1.82) is 0 Å². The van der Waals surface area contributed by atoms with Crippen LogP contribution in [0.4, 0.5) is 0 Å². The Morgan fingerprint density at radius 1 is 1.41 bits per heavy atom. The topological polar surface area (TPSA) is 12.0 Å². The van der Waals surface area contributed by atoms with Crippen LogP contribution in [0.1, 0.15) is 44.9 Å². The smallest absolute Gasteiger partial charge is 0.00955 e. The summed E-state index contributed by atoms with van der Waals surface area (Å²) in [7, 11) is 0. The summed E-state index contributed by atoms with van der Waals surface area (Å²) in [5.74, 6) is 1.76. The minimum Gasteiger partial charge on any atom is -0.311 e. The average molecular weight is 251 g/mol. The van der Waals surface area contributed by atoms with E-state index in [4.69, 9.17) is 0 Å². The number of nitrogens with one attached hydrogen (secondary N) is 1. The van der Waals surface area contributed by atoms with E-state index < -0.39 is 0 Å². The predicted octanol–water partition coefficient (Wildman–Crippen LogP) is 4.09. The minimum atomic E-state index is 0.606. The Morgan fingerprint density at radius 3 is 2.88 bits per heavy atom. The summed E-state index contributed by atoms with van der Waals surface area (Å²) in [6.07, 6.45) is 5.32. The summed E-state index contributed by atoms with van der Waals surface area (Å²) in [6, 6.07) is 5.74. The first kappa shape index (κ1) is 13.1. The van der Waals surface area contributed by atoms with Crippen molar-refractivity contribution in [3.05, 3.63) is 22.4 Å². The van der Waals surface area contributed by atoms with E-state index in [1.807, 2.05) is 11.3 Å². The van der Waals surface area contributed by atoms with Crippen LogP contribution in [0.5, 0.6) is 0 Å². The maximum Gasteiger partial charge on any atom is 0.00955 e. The van der Waals surface area contributed by atoms with Crippen LogP contribution >= 0.6 is 11.3 Å². The first-order valence-electron chi connectivity index (χ1n) is 6.93. The van der Waals surface area contributed by atoms with Crippen molar-refractivity contribution < 1.29 is 0 Å². The van der Waals surface area contributed by atoms with Crippen LogP contribution in [-0.4, -0.2) is 12.1 Å². The van der Waals surface area contributed by atoms with E-state index in [-0.39, 0.29) is 0 Å². The molecule has 0 amide bonds. The second kappa shape index (κ2) is 6.01. The van der Waals surface area contributed by atoms with E-state index in [0.717, 1.165) is 17.9 Å². The van der Waals surface area contributed by atoms with E-state index in [9.17, 15) is 0 Å². The van der Waals surface area contributed by atoms with Crippen LogP contribution in [0.3, 0.4) is 0 Å². The van der Waals surface area contributed by atoms with Crippen LogP contribution in [0.2, 0.25) is 0 Å². The highest BCUT2D eigenvalue weighted by molar-refractivity contribution is 7.09. The maximum absolute atomic E-state index is 3.83. The molecule has 0 radical (unpaired) electrons. The summed E-state index contributed by atoms with van der Waals surface area (Å²) in [4.78, 5) is 1.50. The van der Waals surface area contributed by atoms with Gasteiger partial charge in [0.2, 0.25) is 0 Å². The van der Waals surface area contributed by atoms with Crippen LogP contribution < -0.4 is 5.32 Å². The summed E-state index contributed by atoms with van der Waals surface area (Å²) in [6.45, 7) is 7.12. The molecule has 2 heteroatoms. The Balaban J connectivity index is 1.80. The standard InChI is InChI=1S/C15H25NS/c1-11-6-7-15(12(2)9-11)16-13(3)10-14-5-4-8-17-14/h4-5,8,11-13,15-16H,6-7,9-10H2,1-3H3. The van der Waals surface area contributed by atoms with E-state index in [2.05, 4.69) is 43.6 Å². The molecule has 1 N–H and O–H groups in total. The van der Waals surface area contributed by atoms with Gasteiger partial charge in [-0.25, -0.2) is 0 Å². The van der Waals surface area contributed by atoms with E-state index in [1.165, 1.54) is 30.6 Å². The maximum atomic E-state index is 3.83. The molecule has 1 aliphatic carbocycles. The minimum absolute atomic E-state index is 0.606. The molecule has 1 aromatic heterocycles. The lowest BCUT2D eigenvalue weighted by atomic mass is 9.79. The summed E-state index contributed by atoms with van der Waals surface area (Å²) < 4.78 is 0. The van der Waals surface area contributed by atoms with Gasteiger partial charge in [-0.1, -0.05) is 19.9 Å². The Morgan fingerprint density at radius 2 is 2.24 bits per heavy atom. The van der Waals surface area contributed by atoms with Crippen molar-refractivity contribution in [3.8, 4) is 0 Å². The Kier molecular flexibility index (Phi) is 4.63. The molecular weight excluding hydrogens is 226 g/mol. The van der Waals surface area contributed by atoms with Crippen LogP contribution in [0.25, 0.3) is 0 Å². The lowest BCUT2D eigenvalue weighted by Gasteiger charge is -2.35. The molecule has 17 heavy (non-hydrogen) atoms. The van der Waals surface area contributed by atoms with Gasteiger partial charge in [-0.15, -0.1) is 11.3 Å². The number of rotatable bonds is 4. The van der Waals surface area contributed by atoms with Gasteiger partial charge >= 0.3 is 0 Å². The molecule has 2 rings (SSSR count). The normalized spacial score (nSPS) is 31.4. The van der Waals surface area contributed by atoms with Gasteiger partial charge in [-0.3, -0.25) is 0 Å². The molecule has 96 valence electrons. The van der Waals surface area contributed by atoms with Gasteiger partial charge in [0.1, 0.15) is 0 Å². The van der Waals surface area contributed by atoms with Crippen molar-refractivity contribution in [2.24, 2.45) is 11.8 Å². The van der Waals surface area contributed by atoms with Crippen molar-refractivity contribution in [1.82, 2.24) is 5.32 Å². The first-order chi connectivity index (χ1) is 8.15. The van der Waals surface area contributed by atoms with E-state index in [1.54, 1.807) is 0 Å². The fraction of sp³-hybridized carbons (Fsp3) is 0.733. The van der Waals surface area contributed by atoms with Crippen molar-refractivity contribution >= 4 is 11.3 Å². The molecule has 1 fully saturated rings. The highest BCUT2D eigenvalue weighted by Crippen LogP contribution is 2.29. The molecule has 0 spiro atoms. The van der Waals surface area contributed by atoms with Gasteiger partial charge in [0.05, 0.1) is 0 Å². The third-order valence-corrected chi connectivity index (χ3v) is 4.92. The molecule has 4 atom stereocenters. The molecule has 0 saturated heterocycles. The molecule has 1 saturated carbocycles. The van der Waals surface area contributed by atoms with Gasteiger partial charge in [-0.2, -0.15) is 0 Å². The third-order valence-electron chi connectivity index (χ3n) is 4.02. The van der Waals surface area contributed by atoms with Gasteiger partial charge in [0.15, 0.2) is 0 Å². The van der Waals surface area contributed by atoms with Gasteiger partial charge in [0.25, 0.3) is 0 Å². The molecule has 1 nitrogen and oxygen atoms in total. The molecule has 1 aliphatic rings. The summed E-state index contributed by atoms with van der Waals surface area (Å²) in [5, 5.41) is 6.01. The predicted molar refractivity (Wildman–Crippen MR) is 76.6 cm³/mol. The van der Waals surface area contributed by atoms with Crippen LogP contribution in [0.15, 0.2) is 17.5 Å². The van der Waals surface area contributed by atoms with Crippen LogP contribution in [-0.2, 0) is 6.42 Å². The highest BCUT2D eigenvalue weighted by Gasteiger charge is 2.25. The summed E-state index contributed by atoms with van der Waals surface area (Å²) in [5.41, 5.74) is 0. The number of thiophene rings is 1. The fourth-order valence-corrected chi connectivity index (χ4v) is 3.90. The second-order valence-electron chi connectivity index (χ2n) is 5.85. The number of hydrogen-bond donors (Lipinski definition) is 1. The van der Waals surface area contributed by atoms with Crippen molar-refractivity contribution in [3.63, 3.8) is 0 Å². The molecule has 0 aromatic carbocycles. The molecule has 1 heterocycles. The Hall–Kier alpha value is -0.340. The SMILES string of the molecule is CC1CCC(NC(C)Cc2cccs2)C(C)C1. The number of hydrogen-bond acceptors (Lipinski definition) is 2. The monoisotopic (exact) mass is 251 g/mol. The Bertz CT molecular complexity index is 320. The van der Waals surface area contributed by atoms with Crippen LogP contribution in [0, 0.1) is 11.8 Å². The zero-order valence-electron chi connectivity index (χ0n) is 11.3. The molecular formula is C15H25NS. The van der Waals surface area contributed by atoms with Gasteiger partial charge in [0, 0.05) is 17.0 Å². The highest BCUT2D eigenvalue weighted by atomic mass is 32.1. The fourth-order valence-electron chi connectivity index (χ4n) is 3.07. The zero-order valence-corrected chi connectivity index (χ0v) is 12.1. The average Bonchev–Trinajstić information content (AvgIpc) is 2.75. The zero-order chi connectivity index (χ0) is 12.3. The first-order valence-corrected chi connectivity index (χ1v) is 7.81. The molecule has 1 aromatic rings. The van der Waals surface area contributed by atoms with Crippen molar-refractivity contribution in [2.75, 3.05) is 0 Å². The van der Waals surface area contributed by atoms with E-state index in [0.29, 0.717) is 6.04 Å². The second-order valence-corrected chi connectivity index (χ2v) is 6.89. The molecule has 0 bridgehead atoms. The lowest BCUT2D eigenvalue weighted by molar-refractivity contribution is 0.216. The van der Waals surface area contributed by atoms with Gasteiger partial charge < -0.3 is 5.32 Å².